The summed E-state index contributed by atoms with van der Waals surface area (Å²) in [6.45, 7) is 8.88. The lowest BCUT2D eigenvalue weighted by atomic mass is 9.95. The van der Waals surface area contributed by atoms with Gasteiger partial charge in [-0.2, -0.15) is 9.97 Å². The Morgan fingerprint density at radius 2 is 1.81 bits per heavy atom. The van der Waals surface area contributed by atoms with Crippen molar-refractivity contribution in [2.75, 3.05) is 62.6 Å². The Hall–Kier alpha value is -2.87. The Morgan fingerprint density at radius 3 is 2.67 bits per heavy atom. The standard InChI is InChI=1S/C29H48N12O/c1-2-8-23(9-3-1)32-13-6-11-30-12-7-16-40-21-24(37-38-40)20-33-27-26-28(36-29(35-27)39-17-14-31-15-18-39)41(22-34-26)25-10-4-5-19-42-25/h21-23,25,30-32H,1-20H2,(H,33,35,36). The molecular formula is C29H48N12O. The number of rotatable bonds is 14. The minimum Gasteiger partial charge on any atom is -0.362 e. The van der Waals surface area contributed by atoms with Crippen molar-refractivity contribution in [3.05, 3.63) is 18.2 Å². The van der Waals surface area contributed by atoms with Gasteiger partial charge in [0.2, 0.25) is 5.95 Å². The number of piperazine rings is 1. The molecule has 1 aliphatic carbocycles. The van der Waals surface area contributed by atoms with Gasteiger partial charge in [0, 0.05) is 45.4 Å². The zero-order chi connectivity index (χ0) is 28.4. The van der Waals surface area contributed by atoms with Crippen LogP contribution in [0.1, 0.15) is 76.1 Å². The molecule has 42 heavy (non-hydrogen) atoms. The quantitative estimate of drug-likeness (QED) is 0.209. The second-order valence-electron chi connectivity index (χ2n) is 11.8. The van der Waals surface area contributed by atoms with E-state index in [4.69, 9.17) is 19.7 Å². The molecule has 13 nitrogen and oxygen atoms in total. The van der Waals surface area contributed by atoms with Crippen LogP contribution in [0.4, 0.5) is 11.8 Å². The summed E-state index contributed by atoms with van der Waals surface area (Å²) < 4.78 is 10.1. The van der Waals surface area contributed by atoms with Crippen molar-refractivity contribution in [3.63, 3.8) is 0 Å². The number of nitrogens with zero attached hydrogens (tertiary/aromatic N) is 8. The van der Waals surface area contributed by atoms with E-state index in [1.807, 2.05) is 17.2 Å². The van der Waals surface area contributed by atoms with E-state index in [1.54, 1.807) is 0 Å². The molecule has 3 aromatic heterocycles. The van der Waals surface area contributed by atoms with Gasteiger partial charge in [0.1, 0.15) is 11.9 Å². The molecule has 13 heteroatoms. The highest BCUT2D eigenvalue weighted by atomic mass is 16.5. The number of ether oxygens (including phenoxy) is 1. The van der Waals surface area contributed by atoms with Crippen LogP contribution in [0, 0.1) is 0 Å². The number of hydrogen-bond acceptors (Lipinski definition) is 11. The number of hydrogen-bond donors (Lipinski definition) is 4. The molecule has 0 bridgehead atoms. The van der Waals surface area contributed by atoms with Crippen LogP contribution in [0.5, 0.6) is 0 Å². The van der Waals surface area contributed by atoms with Crippen molar-refractivity contribution in [2.24, 2.45) is 0 Å². The molecule has 2 aliphatic heterocycles. The van der Waals surface area contributed by atoms with E-state index in [9.17, 15) is 0 Å². The molecule has 6 rings (SSSR count). The summed E-state index contributed by atoms with van der Waals surface area (Å²) in [5, 5.41) is 22.9. The van der Waals surface area contributed by atoms with Gasteiger partial charge in [0.25, 0.3) is 0 Å². The molecule has 0 radical (unpaired) electrons. The van der Waals surface area contributed by atoms with Gasteiger partial charge in [-0.05, 0) is 64.6 Å². The summed E-state index contributed by atoms with van der Waals surface area (Å²) in [7, 11) is 0. The first-order valence-electron chi connectivity index (χ1n) is 16.2. The van der Waals surface area contributed by atoms with E-state index < -0.39 is 0 Å². The smallest absolute Gasteiger partial charge is 0.229 e. The first kappa shape index (κ1) is 29.2. The maximum atomic E-state index is 6.07. The van der Waals surface area contributed by atoms with Crippen LogP contribution >= 0.6 is 0 Å². The molecule has 0 aromatic carbocycles. The van der Waals surface area contributed by atoms with Crippen LogP contribution in [0.3, 0.4) is 0 Å². The van der Waals surface area contributed by atoms with Crippen molar-refractivity contribution in [2.45, 2.75) is 89.6 Å². The second-order valence-corrected chi connectivity index (χ2v) is 11.8. The molecule has 1 atom stereocenters. The molecule has 3 aromatic rings. The van der Waals surface area contributed by atoms with E-state index in [-0.39, 0.29) is 6.23 Å². The molecule has 1 saturated carbocycles. The molecular weight excluding hydrogens is 532 g/mol. The summed E-state index contributed by atoms with van der Waals surface area (Å²) in [5.74, 6) is 1.45. The van der Waals surface area contributed by atoms with E-state index in [0.717, 1.165) is 119 Å². The molecule has 0 amide bonds. The van der Waals surface area contributed by atoms with Crippen molar-refractivity contribution >= 4 is 22.9 Å². The summed E-state index contributed by atoms with van der Waals surface area (Å²) in [4.78, 5) is 16.8. The van der Waals surface area contributed by atoms with Gasteiger partial charge in [0.15, 0.2) is 17.0 Å². The van der Waals surface area contributed by atoms with Gasteiger partial charge in [0.05, 0.1) is 19.1 Å². The van der Waals surface area contributed by atoms with Crippen molar-refractivity contribution in [1.82, 2.24) is 50.5 Å². The molecule has 230 valence electrons. The van der Waals surface area contributed by atoms with Gasteiger partial charge >= 0.3 is 0 Å². The topological polar surface area (TPSA) is 135 Å². The minimum absolute atomic E-state index is 0.0324. The predicted molar refractivity (Wildman–Crippen MR) is 164 cm³/mol. The molecule has 4 N–H and O–H groups in total. The fourth-order valence-corrected chi connectivity index (χ4v) is 6.21. The molecule has 2 saturated heterocycles. The Balaban J connectivity index is 0.998. The summed E-state index contributed by atoms with van der Waals surface area (Å²) in [6, 6.07) is 0.748. The zero-order valence-electron chi connectivity index (χ0n) is 24.9. The number of fused-ring (bicyclic) bond motifs is 1. The van der Waals surface area contributed by atoms with Crippen LogP contribution < -0.4 is 26.2 Å². The Kier molecular flexibility index (Phi) is 10.5. The maximum Gasteiger partial charge on any atom is 0.229 e. The SMILES string of the molecule is c1c(CNc2nc(N3CCNCC3)nc3c2ncn3C2CCCCO2)nnn1CCCNCCCNC1CCCCC1. The fourth-order valence-electron chi connectivity index (χ4n) is 6.21. The largest absolute Gasteiger partial charge is 0.362 e. The van der Waals surface area contributed by atoms with E-state index in [2.05, 4.69) is 41.0 Å². The van der Waals surface area contributed by atoms with Crippen LogP contribution in [0.15, 0.2) is 12.5 Å². The van der Waals surface area contributed by atoms with Crippen molar-refractivity contribution < 1.29 is 4.74 Å². The Labute approximate surface area is 248 Å². The number of aromatic nitrogens is 7. The second kappa shape index (κ2) is 15.0. The monoisotopic (exact) mass is 580 g/mol. The van der Waals surface area contributed by atoms with Gasteiger partial charge in [-0.25, -0.2) is 4.98 Å². The Morgan fingerprint density at radius 1 is 0.952 bits per heavy atom. The molecule has 0 spiro atoms. The summed E-state index contributed by atoms with van der Waals surface area (Å²) >= 11 is 0. The van der Waals surface area contributed by atoms with Gasteiger partial charge in [-0.15, -0.1) is 5.10 Å². The fraction of sp³-hybridized carbons (Fsp3) is 0.759. The minimum atomic E-state index is -0.0324. The average Bonchev–Trinajstić information content (AvgIpc) is 3.70. The molecule has 3 fully saturated rings. The first-order chi connectivity index (χ1) is 20.8. The highest BCUT2D eigenvalue weighted by molar-refractivity contribution is 5.84. The zero-order valence-corrected chi connectivity index (χ0v) is 24.9. The first-order valence-corrected chi connectivity index (χ1v) is 16.2. The van der Waals surface area contributed by atoms with Crippen LogP contribution in [0.25, 0.3) is 11.2 Å². The van der Waals surface area contributed by atoms with E-state index in [1.165, 1.54) is 38.5 Å². The summed E-state index contributed by atoms with van der Waals surface area (Å²) in [5.41, 5.74) is 2.45. The van der Waals surface area contributed by atoms with Crippen LogP contribution in [-0.4, -0.2) is 93.0 Å². The highest BCUT2D eigenvalue weighted by Gasteiger charge is 2.23. The third kappa shape index (κ3) is 7.74. The Bertz CT molecular complexity index is 1230. The number of nitrogens with one attached hydrogen (secondary N) is 4. The predicted octanol–water partition coefficient (Wildman–Crippen LogP) is 2.43. The van der Waals surface area contributed by atoms with Crippen LogP contribution in [0.2, 0.25) is 0 Å². The van der Waals surface area contributed by atoms with Crippen molar-refractivity contribution in [1.29, 1.82) is 0 Å². The normalized spacial score (nSPS) is 20.4. The van der Waals surface area contributed by atoms with E-state index in [0.29, 0.717) is 6.54 Å². The number of aryl methyl sites for hydroxylation is 1. The lowest BCUT2D eigenvalue weighted by molar-refractivity contribution is -0.0298. The summed E-state index contributed by atoms with van der Waals surface area (Å²) in [6.07, 6.45) is 16.1. The third-order valence-electron chi connectivity index (χ3n) is 8.61. The average molecular weight is 581 g/mol. The highest BCUT2D eigenvalue weighted by Crippen LogP contribution is 2.29. The van der Waals surface area contributed by atoms with Crippen LogP contribution in [-0.2, 0) is 17.8 Å². The third-order valence-corrected chi connectivity index (χ3v) is 8.61. The molecule has 5 heterocycles. The number of imidazole rings is 1. The lowest BCUT2D eigenvalue weighted by Gasteiger charge is -2.28. The van der Waals surface area contributed by atoms with Crippen molar-refractivity contribution in [3.8, 4) is 0 Å². The van der Waals surface area contributed by atoms with E-state index >= 15 is 0 Å². The maximum absolute atomic E-state index is 6.07. The lowest BCUT2D eigenvalue weighted by Crippen LogP contribution is -2.44. The van der Waals surface area contributed by atoms with Gasteiger partial charge in [-0.1, -0.05) is 24.5 Å². The van der Waals surface area contributed by atoms with Gasteiger partial charge < -0.3 is 30.9 Å². The molecule has 1 unspecified atom stereocenters. The molecule has 3 aliphatic rings. The number of anilines is 2. The van der Waals surface area contributed by atoms with Gasteiger partial charge in [-0.3, -0.25) is 9.25 Å².